The van der Waals surface area contributed by atoms with E-state index in [0.29, 0.717) is 28.4 Å². The number of nitriles is 1. The van der Waals surface area contributed by atoms with Gasteiger partial charge < -0.3 is 14.8 Å². The average molecular weight is 510 g/mol. The number of aromatic nitrogens is 1. The van der Waals surface area contributed by atoms with Crippen LogP contribution in [0.4, 0.5) is 5.69 Å². The van der Waals surface area contributed by atoms with Gasteiger partial charge in [-0.2, -0.15) is 5.26 Å². The quantitative estimate of drug-likeness (QED) is 0.249. The van der Waals surface area contributed by atoms with Crippen LogP contribution in [0.1, 0.15) is 18.9 Å². The van der Waals surface area contributed by atoms with Crippen molar-refractivity contribution in [3.05, 3.63) is 90.5 Å². The Kier molecular flexibility index (Phi) is 8.44. The van der Waals surface area contributed by atoms with Gasteiger partial charge in [0.05, 0.1) is 36.4 Å². The fourth-order valence-electron chi connectivity index (χ4n) is 3.89. The standard InChI is InChI=1S/C30H27N3O3S/c1-4-28(29(34)32-25-12-8-9-13-27(25)36-3)37-30-24(19-31)23(20-14-16-22(35-2)17-15-20)18-26(33-30)21-10-6-5-7-11-21/h5-18,28H,4H2,1-3H3,(H,32,34). The van der Waals surface area contributed by atoms with Crippen LogP contribution in [0.3, 0.4) is 0 Å². The number of nitrogens with zero attached hydrogens (tertiary/aromatic N) is 2. The Morgan fingerprint density at radius 1 is 0.973 bits per heavy atom. The maximum atomic E-state index is 13.3. The van der Waals surface area contributed by atoms with Crippen molar-refractivity contribution in [3.8, 4) is 40.0 Å². The number of anilines is 1. The largest absolute Gasteiger partial charge is 0.497 e. The lowest BCUT2D eigenvalue weighted by atomic mass is 9.99. The number of hydrogen-bond acceptors (Lipinski definition) is 6. The predicted molar refractivity (Wildman–Crippen MR) is 148 cm³/mol. The molecule has 0 saturated carbocycles. The first-order valence-corrected chi connectivity index (χ1v) is 12.7. The molecule has 0 radical (unpaired) electrons. The zero-order valence-corrected chi connectivity index (χ0v) is 21.7. The Morgan fingerprint density at radius 3 is 2.32 bits per heavy atom. The monoisotopic (exact) mass is 509 g/mol. The van der Waals surface area contributed by atoms with E-state index in [0.717, 1.165) is 28.1 Å². The van der Waals surface area contributed by atoms with Crippen LogP contribution in [0.2, 0.25) is 0 Å². The van der Waals surface area contributed by atoms with Gasteiger partial charge in [0.2, 0.25) is 5.91 Å². The van der Waals surface area contributed by atoms with Gasteiger partial charge in [0.15, 0.2) is 0 Å². The second kappa shape index (κ2) is 12.1. The zero-order chi connectivity index (χ0) is 26.2. The normalized spacial score (nSPS) is 11.3. The SMILES string of the molecule is CCC(Sc1nc(-c2ccccc2)cc(-c2ccc(OC)cc2)c1C#N)C(=O)Nc1ccccc1OC. The van der Waals surface area contributed by atoms with Gasteiger partial charge in [-0.1, -0.05) is 73.3 Å². The van der Waals surface area contributed by atoms with E-state index in [1.54, 1.807) is 26.4 Å². The lowest BCUT2D eigenvalue weighted by Gasteiger charge is -2.18. The molecule has 1 amide bonds. The number of amides is 1. The number of methoxy groups -OCH3 is 2. The zero-order valence-electron chi connectivity index (χ0n) is 20.9. The van der Waals surface area contributed by atoms with E-state index in [9.17, 15) is 10.1 Å². The van der Waals surface area contributed by atoms with Crippen molar-refractivity contribution in [2.45, 2.75) is 23.6 Å². The smallest absolute Gasteiger partial charge is 0.238 e. The third kappa shape index (κ3) is 5.93. The van der Waals surface area contributed by atoms with Gasteiger partial charge >= 0.3 is 0 Å². The number of carbonyl (C=O) groups excluding carboxylic acids is 1. The summed E-state index contributed by atoms with van der Waals surface area (Å²) in [6, 6.07) is 28.9. The van der Waals surface area contributed by atoms with E-state index in [1.165, 1.54) is 11.8 Å². The second-order valence-electron chi connectivity index (χ2n) is 8.15. The molecule has 0 saturated heterocycles. The van der Waals surface area contributed by atoms with E-state index in [-0.39, 0.29) is 5.91 Å². The molecule has 0 aliphatic carbocycles. The number of thioether (sulfide) groups is 1. The third-order valence-corrected chi connectivity index (χ3v) is 7.20. The number of nitrogens with one attached hydrogen (secondary N) is 1. The molecule has 1 heterocycles. The van der Waals surface area contributed by atoms with Crippen molar-refractivity contribution in [1.29, 1.82) is 5.26 Å². The number of hydrogen-bond donors (Lipinski definition) is 1. The molecule has 37 heavy (non-hydrogen) atoms. The summed E-state index contributed by atoms with van der Waals surface area (Å²) in [4.78, 5) is 18.1. The minimum absolute atomic E-state index is 0.182. The Morgan fingerprint density at radius 2 is 1.68 bits per heavy atom. The summed E-state index contributed by atoms with van der Waals surface area (Å²) in [6.45, 7) is 1.94. The topological polar surface area (TPSA) is 84.2 Å². The molecule has 1 aromatic heterocycles. The first-order chi connectivity index (χ1) is 18.1. The number of pyridine rings is 1. The third-order valence-electron chi connectivity index (χ3n) is 5.85. The van der Waals surface area contributed by atoms with Crippen molar-refractivity contribution in [2.75, 3.05) is 19.5 Å². The summed E-state index contributed by atoms with van der Waals surface area (Å²) in [5.74, 6) is 1.13. The van der Waals surface area contributed by atoms with E-state index < -0.39 is 5.25 Å². The van der Waals surface area contributed by atoms with Crippen LogP contribution in [-0.4, -0.2) is 30.4 Å². The van der Waals surface area contributed by atoms with Crippen LogP contribution >= 0.6 is 11.8 Å². The van der Waals surface area contributed by atoms with E-state index in [4.69, 9.17) is 14.5 Å². The molecule has 0 fully saturated rings. The van der Waals surface area contributed by atoms with Gasteiger partial charge in [-0.25, -0.2) is 4.98 Å². The maximum Gasteiger partial charge on any atom is 0.238 e. The molecule has 186 valence electrons. The highest BCUT2D eigenvalue weighted by molar-refractivity contribution is 8.00. The summed E-state index contributed by atoms with van der Waals surface area (Å²) in [5.41, 5.74) is 4.30. The van der Waals surface area contributed by atoms with Gasteiger partial charge in [0.25, 0.3) is 0 Å². The minimum Gasteiger partial charge on any atom is -0.497 e. The van der Waals surface area contributed by atoms with Crippen molar-refractivity contribution in [3.63, 3.8) is 0 Å². The Balaban J connectivity index is 1.75. The molecule has 0 aliphatic heterocycles. The molecule has 0 aliphatic rings. The maximum absolute atomic E-state index is 13.3. The van der Waals surface area contributed by atoms with Crippen LogP contribution in [0.5, 0.6) is 11.5 Å². The van der Waals surface area contributed by atoms with E-state index >= 15 is 0 Å². The molecule has 3 aromatic carbocycles. The molecule has 0 bridgehead atoms. The molecular weight excluding hydrogens is 482 g/mol. The van der Waals surface area contributed by atoms with Gasteiger partial charge in [0, 0.05) is 11.1 Å². The minimum atomic E-state index is -0.473. The first kappa shape index (κ1) is 25.8. The summed E-state index contributed by atoms with van der Waals surface area (Å²) < 4.78 is 10.7. The molecule has 1 N–H and O–H groups in total. The average Bonchev–Trinajstić information content (AvgIpc) is 2.96. The van der Waals surface area contributed by atoms with Crippen LogP contribution in [0.25, 0.3) is 22.4 Å². The fourth-order valence-corrected chi connectivity index (χ4v) is 4.91. The van der Waals surface area contributed by atoms with Crippen molar-refractivity contribution >= 4 is 23.4 Å². The molecular formula is C30H27N3O3S. The molecule has 4 rings (SSSR count). The Labute approximate surface area is 221 Å². The van der Waals surface area contributed by atoms with E-state index in [2.05, 4.69) is 11.4 Å². The van der Waals surface area contributed by atoms with Gasteiger partial charge in [-0.05, 0) is 42.3 Å². The molecule has 1 atom stereocenters. The lowest BCUT2D eigenvalue weighted by Crippen LogP contribution is -2.25. The molecule has 0 spiro atoms. The van der Waals surface area contributed by atoms with Crippen molar-refractivity contribution in [1.82, 2.24) is 4.98 Å². The highest BCUT2D eigenvalue weighted by Gasteiger charge is 2.24. The van der Waals surface area contributed by atoms with E-state index in [1.807, 2.05) is 79.7 Å². The Bertz CT molecular complexity index is 1420. The number of rotatable bonds is 9. The number of carbonyl (C=O) groups is 1. The summed E-state index contributed by atoms with van der Waals surface area (Å²) in [7, 11) is 3.18. The van der Waals surface area contributed by atoms with Crippen molar-refractivity contribution < 1.29 is 14.3 Å². The van der Waals surface area contributed by atoms with Crippen LogP contribution in [0.15, 0.2) is 90.0 Å². The number of para-hydroxylation sites is 2. The van der Waals surface area contributed by atoms with Crippen LogP contribution < -0.4 is 14.8 Å². The summed E-state index contributed by atoms with van der Waals surface area (Å²) in [5, 5.41) is 13.2. The van der Waals surface area contributed by atoms with Crippen molar-refractivity contribution in [2.24, 2.45) is 0 Å². The van der Waals surface area contributed by atoms with Crippen LogP contribution in [0, 0.1) is 11.3 Å². The highest BCUT2D eigenvalue weighted by atomic mass is 32.2. The molecule has 4 aromatic rings. The number of benzene rings is 3. The highest BCUT2D eigenvalue weighted by Crippen LogP contribution is 2.37. The molecule has 1 unspecified atom stereocenters. The number of ether oxygens (including phenoxy) is 2. The summed E-state index contributed by atoms with van der Waals surface area (Å²) in [6.07, 6.45) is 0.547. The molecule has 7 heteroatoms. The van der Waals surface area contributed by atoms with Gasteiger partial charge in [-0.3, -0.25) is 4.79 Å². The predicted octanol–water partition coefficient (Wildman–Crippen LogP) is 6.81. The Hall–Kier alpha value is -4.28. The first-order valence-electron chi connectivity index (χ1n) is 11.8. The van der Waals surface area contributed by atoms with Crippen LogP contribution in [-0.2, 0) is 4.79 Å². The fraction of sp³-hybridized carbons (Fsp3) is 0.167. The summed E-state index contributed by atoms with van der Waals surface area (Å²) >= 11 is 1.29. The second-order valence-corrected chi connectivity index (χ2v) is 9.34. The molecule has 6 nitrogen and oxygen atoms in total. The van der Waals surface area contributed by atoms with Gasteiger partial charge in [-0.15, -0.1) is 0 Å². The van der Waals surface area contributed by atoms with Gasteiger partial charge in [0.1, 0.15) is 22.6 Å². The lowest BCUT2D eigenvalue weighted by molar-refractivity contribution is -0.115.